The second kappa shape index (κ2) is 8.91. The first-order valence-corrected chi connectivity index (χ1v) is 11.5. The van der Waals surface area contributed by atoms with Gasteiger partial charge < -0.3 is 4.90 Å². The highest BCUT2D eigenvalue weighted by molar-refractivity contribution is 7.99. The lowest BCUT2D eigenvalue weighted by Crippen LogP contribution is -2.30. The monoisotopic (exact) mass is 456 g/mol. The lowest BCUT2D eigenvalue weighted by atomic mass is 10.1. The lowest BCUT2D eigenvalue weighted by molar-refractivity contribution is -0.384. The summed E-state index contributed by atoms with van der Waals surface area (Å²) < 4.78 is 1.94. The average molecular weight is 457 g/mol. The third kappa shape index (κ3) is 4.12. The van der Waals surface area contributed by atoms with Gasteiger partial charge in [-0.15, -0.1) is 0 Å². The van der Waals surface area contributed by atoms with Crippen molar-refractivity contribution in [2.24, 2.45) is 0 Å². The molecular weight excluding hydrogens is 436 g/mol. The number of rotatable bonds is 6. The third-order valence-electron chi connectivity index (χ3n) is 5.61. The summed E-state index contributed by atoms with van der Waals surface area (Å²) in [5.74, 6) is 0.275. The van der Waals surface area contributed by atoms with E-state index in [1.807, 2.05) is 64.1 Å². The predicted molar refractivity (Wildman–Crippen MR) is 129 cm³/mol. The molecule has 1 amide bonds. The Balaban J connectivity index is 1.45. The van der Waals surface area contributed by atoms with E-state index in [2.05, 4.69) is 11.1 Å². The Kier molecular flexibility index (Phi) is 5.66. The molecule has 3 aromatic carbocycles. The van der Waals surface area contributed by atoms with Crippen LogP contribution >= 0.6 is 11.8 Å². The average Bonchev–Trinajstić information content (AvgIpc) is 3.48. The summed E-state index contributed by atoms with van der Waals surface area (Å²) in [6, 6.07) is 24.1. The topological polar surface area (TPSA) is 81.3 Å². The van der Waals surface area contributed by atoms with Crippen LogP contribution in [0.3, 0.4) is 0 Å². The van der Waals surface area contributed by atoms with Crippen LogP contribution in [0.5, 0.6) is 0 Å². The first-order valence-electron chi connectivity index (χ1n) is 10.5. The normalized spacial score (nSPS) is 12.5. The summed E-state index contributed by atoms with van der Waals surface area (Å²) in [5, 5.41) is 11.9. The zero-order chi connectivity index (χ0) is 22.8. The molecule has 0 unspecified atom stereocenters. The van der Waals surface area contributed by atoms with Gasteiger partial charge in [0.15, 0.2) is 5.16 Å². The molecule has 5 rings (SSSR count). The van der Waals surface area contributed by atoms with Crippen molar-refractivity contribution in [1.82, 2.24) is 9.55 Å². The van der Waals surface area contributed by atoms with Crippen molar-refractivity contribution in [3.8, 4) is 16.9 Å². The fourth-order valence-electron chi connectivity index (χ4n) is 4.05. The fourth-order valence-corrected chi connectivity index (χ4v) is 4.92. The highest BCUT2D eigenvalue weighted by Crippen LogP contribution is 2.33. The summed E-state index contributed by atoms with van der Waals surface area (Å²) in [5.41, 5.74) is 4.48. The molecule has 0 N–H and O–H groups in total. The zero-order valence-electron chi connectivity index (χ0n) is 17.6. The van der Waals surface area contributed by atoms with Gasteiger partial charge in [-0.05, 0) is 30.2 Å². The quantitative estimate of drug-likeness (QED) is 0.228. The van der Waals surface area contributed by atoms with Gasteiger partial charge in [0.05, 0.1) is 22.6 Å². The predicted octanol–water partition coefficient (Wildman–Crippen LogP) is 5.13. The molecule has 1 aliphatic rings. The third-order valence-corrected chi connectivity index (χ3v) is 6.55. The molecular formula is C25H20N4O3S. The molecule has 0 saturated carbocycles. The molecule has 0 radical (unpaired) electrons. The van der Waals surface area contributed by atoms with Gasteiger partial charge >= 0.3 is 0 Å². The maximum Gasteiger partial charge on any atom is 0.270 e. The standard InChI is InChI=1S/C25H20N4O3S/c30-24(27-14-13-18-7-4-5-12-22(18)27)17-33-25-26-16-23(28(25)20-9-2-1-3-10-20)19-8-6-11-21(15-19)29(31)32/h1-12,15-16H,13-14,17H2. The number of carbonyl (C=O) groups excluding carboxylic acids is 1. The van der Waals surface area contributed by atoms with Crippen molar-refractivity contribution in [2.45, 2.75) is 11.6 Å². The van der Waals surface area contributed by atoms with Crippen LogP contribution in [0.1, 0.15) is 5.56 Å². The Morgan fingerprint density at radius 2 is 1.82 bits per heavy atom. The van der Waals surface area contributed by atoms with Gasteiger partial charge in [-0.25, -0.2) is 4.98 Å². The molecule has 33 heavy (non-hydrogen) atoms. The number of aromatic nitrogens is 2. The van der Waals surface area contributed by atoms with Crippen molar-refractivity contribution >= 4 is 29.0 Å². The van der Waals surface area contributed by atoms with Crippen molar-refractivity contribution in [3.05, 3.63) is 101 Å². The van der Waals surface area contributed by atoms with Gasteiger partial charge in [-0.3, -0.25) is 19.5 Å². The summed E-state index contributed by atoms with van der Waals surface area (Å²) >= 11 is 1.36. The maximum absolute atomic E-state index is 13.0. The SMILES string of the molecule is O=C(CSc1ncc(-c2cccc([N+](=O)[O-])c2)n1-c1ccccc1)N1CCc2ccccc21. The van der Waals surface area contributed by atoms with Crippen LogP contribution in [-0.4, -0.2) is 32.7 Å². The smallest absolute Gasteiger partial charge is 0.270 e. The van der Waals surface area contributed by atoms with Crippen molar-refractivity contribution in [2.75, 3.05) is 17.2 Å². The Labute approximate surface area is 194 Å². The number of benzene rings is 3. The number of amides is 1. The van der Waals surface area contributed by atoms with E-state index in [1.165, 1.54) is 29.5 Å². The van der Waals surface area contributed by atoms with E-state index in [1.54, 1.807) is 12.3 Å². The van der Waals surface area contributed by atoms with E-state index in [4.69, 9.17) is 0 Å². The molecule has 8 heteroatoms. The van der Waals surface area contributed by atoms with E-state index < -0.39 is 4.92 Å². The number of thioether (sulfide) groups is 1. The molecule has 0 spiro atoms. The van der Waals surface area contributed by atoms with Crippen LogP contribution in [0, 0.1) is 10.1 Å². The van der Waals surface area contributed by atoms with Crippen LogP contribution < -0.4 is 4.90 Å². The molecule has 0 aliphatic carbocycles. The zero-order valence-corrected chi connectivity index (χ0v) is 18.4. The van der Waals surface area contributed by atoms with E-state index in [0.717, 1.165) is 23.5 Å². The minimum atomic E-state index is -0.408. The second-order valence-corrected chi connectivity index (χ2v) is 8.56. The molecule has 0 bridgehead atoms. The number of non-ortho nitro benzene ring substituents is 1. The first-order chi connectivity index (χ1) is 16.1. The Morgan fingerprint density at radius 3 is 2.64 bits per heavy atom. The van der Waals surface area contributed by atoms with Gasteiger partial charge in [0.2, 0.25) is 5.91 Å². The highest BCUT2D eigenvalue weighted by Gasteiger charge is 2.25. The number of hydrogen-bond acceptors (Lipinski definition) is 5. The summed E-state index contributed by atoms with van der Waals surface area (Å²) in [7, 11) is 0. The number of nitro benzene ring substituents is 1. The van der Waals surface area contributed by atoms with Crippen molar-refractivity contribution < 1.29 is 9.72 Å². The molecule has 4 aromatic rings. The fraction of sp³-hybridized carbons (Fsp3) is 0.120. The van der Waals surface area contributed by atoms with Gasteiger partial charge in [-0.1, -0.05) is 60.3 Å². The van der Waals surface area contributed by atoms with E-state index in [9.17, 15) is 14.9 Å². The van der Waals surface area contributed by atoms with E-state index in [-0.39, 0.29) is 17.3 Å². The minimum Gasteiger partial charge on any atom is -0.311 e. The molecule has 0 atom stereocenters. The minimum absolute atomic E-state index is 0.0189. The van der Waals surface area contributed by atoms with Gasteiger partial charge in [0.1, 0.15) is 0 Å². The Bertz CT molecular complexity index is 1340. The molecule has 0 saturated heterocycles. The van der Waals surface area contributed by atoms with Crippen LogP contribution in [0.25, 0.3) is 16.9 Å². The van der Waals surface area contributed by atoms with Gasteiger partial charge in [-0.2, -0.15) is 0 Å². The van der Waals surface area contributed by atoms with E-state index in [0.29, 0.717) is 17.3 Å². The van der Waals surface area contributed by atoms with E-state index >= 15 is 0 Å². The van der Waals surface area contributed by atoms with Crippen LogP contribution in [0.15, 0.2) is 90.2 Å². The summed E-state index contributed by atoms with van der Waals surface area (Å²) in [6.45, 7) is 0.685. The molecule has 0 fully saturated rings. The number of fused-ring (bicyclic) bond motifs is 1. The van der Waals surface area contributed by atoms with Crippen molar-refractivity contribution in [3.63, 3.8) is 0 Å². The second-order valence-electron chi connectivity index (χ2n) is 7.62. The Morgan fingerprint density at radius 1 is 1.03 bits per heavy atom. The number of hydrogen-bond donors (Lipinski definition) is 0. The lowest BCUT2D eigenvalue weighted by Gasteiger charge is -2.17. The Hall–Kier alpha value is -3.91. The van der Waals surface area contributed by atoms with Crippen LogP contribution in [-0.2, 0) is 11.2 Å². The van der Waals surface area contributed by atoms with Crippen LogP contribution in [0.4, 0.5) is 11.4 Å². The molecule has 164 valence electrons. The van der Waals surface area contributed by atoms with Gasteiger partial charge in [0, 0.05) is 35.6 Å². The molecule has 1 aliphatic heterocycles. The molecule has 2 heterocycles. The number of nitrogens with zero attached hydrogens (tertiary/aromatic N) is 4. The van der Waals surface area contributed by atoms with Crippen molar-refractivity contribution in [1.29, 1.82) is 0 Å². The number of imidazole rings is 1. The van der Waals surface area contributed by atoms with Gasteiger partial charge in [0.25, 0.3) is 5.69 Å². The molecule has 7 nitrogen and oxygen atoms in total. The summed E-state index contributed by atoms with van der Waals surface area (Å²) in [6.07, 6.45) is 2.56. The molecule has 1 aromatic heterocycles. The van der Waals surface area contributed by atoms with Crippen LogP contribution in [0.2, 0.25) is 0 Å². The number of anilines is 1. The number of para-hydroxylation sites is 2. The number of nitro groups is 1. The number of carbonyl (C=O) groups is 1. The highest BCUT2D eigenvalue weighted by atomic mass is 32.2. The first kappa shape index (κ1) is 21.0. The largest absolute Gasteiger partial charge is 0.311 e. The maximum atomic E-state index is 13.0. The summed E-state index contributed by atoms with van der Waals surface area (Å²) in [4.78, 5) is 30.3.